The Bertz CT molecular complexity index is 682. The van der Waals surface area contributed by atoms with Gasteiger partial charge in [-0.1, -0.05) is 64.2 Å². The van der Waals surface area contributed by atoms with Crippen molar-refractivity contribution in [1.29, 1.82) is 0 Å². The lowest BCUT2D eigenvalue weighted by molar-refractivity contribution is -0.125. The molecular weight excluding hydrogens is 394 g/mol. The molecule has 0 saturated heterocycles. The summed E-state index contributed by atoms with van der Waals surface area (Å²) < 4.78 is 5.82. The summed E-state index contributed by atoms with van der Waals surface area (Å²) >= 11 is 0. The van der Waals surface area contributed by atoms with Crippen molar-refractivity contribution in [2.75, 3.05) is 20.2 Å². The largest absolute Gasteiger partial charge is 0.492 e. The molecule has 2 fully saturated rings. The molecule has 0 bridgehead atoms. The Morgan fingerprint density at radius 2 is 1.62 bits per heavy atom. The van der Waals surface area contributed by atoms with Gasteiger partial charge >= 0.3 is 0 Å². The Morgan fingerprint density at radius 1 is 1.00 bits per heavy atom. The van der Waals surface area contributed by atoms with Crippen LogP contribution in [-0.4, -0.2) is 31.0 Å². The van der Waals surface area contributed by atoms with Crippen molar-refractivity contribution in [1.82, 2.24) is 4.90 Å². The van der Waals surface area contributed by atoms with E-state index in [0.29, 0.717) is 19.1 Å². The van der Waals surface area contributed by atoms with Crippen LogP contribution in [0.15, 0.2) is 36.9 Å². The number of benzene rings is 1. The van der Waals surface area contributed by atoms with Gasteiger partial charge in [0.05, 0.1) is 6.54 Å². The molecule has 0 unspecified atom stereocenters. The Labute approximate surface area is 196 Å². The number of carbonyl (C=O) groups excluding carboxylic acids is 1. The van der Waals surface area contributed by atoms with Crippen LogP contribution >= 0.6 is 0 Å². The van der Waals surface area contributed by atoms with E-state index < -0.39 is 0 Å². The van der Waals surface area contributed by atoms with Crippen LogP contribution in [0.1, 0.15) is 95.5 Å². The van der Waals surface area contributed by atoms with Crippen LogP contribution in [0.5, 0.6) is 5.75 Å². The maximum atomic E-state index is 11.5. The number of rotatable bonds is 11. The number of hydrogen-bond acceptors (Lipinski definition) is 2. The summed E-state index contributed by atoms with van der Waals surface area (Å²) in [5, 5.41) is 0. The van der Waals surface area contributed by atoms with Crippen molar-refractivity contribution in [2.24, 2.45) is 17.8 Å². The molecule has 2 aliphatic rings. The summed E-state index contributed by atoms with van der Waals surface area (Å²) in [6.45, 7) is 6.90. The van der Waals surface area contributed by atoms with Gasteiger partial charge in [0, 0.05) is 7.05 Å². The van der Waals surface area contributed by atoms with E-state index in [1.165, 1.54) is 88.7 Å². The number of carbonyl (C=O) groups is 1. The molecule has 3 nitrogen and oxygen atoms in total. The lowest BCUT2D eigenvalue weighted by Crippen LogP contribution is -2.29. The summed E-state index contributed by atoms with van der Waals surface area (Å²) in [4.78, 5) is 13.1. The molecular formula is C29H45NO2. The first-order valence-corrected chi connectivity index (χ1v) is 13.2. The van der Waals surface area contributed by atoms with Crippen LogP contribution in [-0.2, 0) is 4.79 Å². The number of hydrogen-bond donors (Lipinski definition) is 0. The predicted octanol–water partition coefficient (Wildman–Crippen LogP) is 7.37. The van der Waals surface area contributed by atoms with E-state index in [-0.39, 0.29) is 5.91 Å². The van der Waals surface area contributed by atoms with Gasteiger partial charge in [-0.05, 0) is 86.0 Å². The first-order valence-electron chi connectivity index (χ1n) is 13.2. The average molecular weight is 440 g/mol. The second kappa shape index (κ2) is 13.1. The highest BCUT2D eigenvalue weighted by Gasteiger charge is 2.31. The molecule has 0 N–H and O–H groups in total. The predicted molar refractivity (Wildman–Crippen MR) is 134 cm³/mol. The van der Waals surface area contributed by atoms with E-state index in [1.807, 2.05) is 0 Å². The molecule has 0 aliphatic heterocycles. The average Bonchev–Trinajstić information content (AvgIpc) is 2.84. The molecule has 0 atom stereocenters. The van der Waals surface area contributed by atoms with E-state index >= 15 is 0 Å². The summed E-state index contributed by atoms with van der Waals surface area (Å²) in [6.07, 6.45) is 18.5. The third-order valence-corrected chi connectivity index (χ3v) is 8.14. The molecule has 3 rings (SSSR count). The van der Waals surface area contributed by atoms with Crippen molar-refractivity contribution in [3.05, 3.63) is 42.5 Å². The molecule has 1 aromatic rings. The smallest absolute Gasteiger partial charge is 0.245 e. The SMILES string of the molecule is C=CC(=O)N(C)CCOc1ccc(C2CCC(C3CCC(CCCCC)CC3)CC2)cc1. The molecule has 178 valence electrons. The fourth-order valence-corrected chi connectivity index (χ4v) is 5.96. The van der Waals surface area contributed by atoms with Crippen LogP contribution in [0.25, 0.3) is 0 Å². The maximum absolute atomic E-state index is 11.5. The zero-order chi connectivity index (χ0) is 22.8. The van der Waals surface area contributed by atoms with E-state index in [1.54, 1.807) is 11.9 Å². The summed E-state index contributed by atoms with van der Waals surface area (Å²) in [5.41, 5.74) is 1.47. The number of likely N-dealkylation sites (N-methyl/N-ethyl adjacent to an activating group) is 1. The van der Waals surface area contributed by atoms with Crippen molar-refractivity contribution in [2.45, 2.75) is 89.9 Å². The van der Waals surface area contributed by atoms with Gasteiger partial charge in [0.2, 0.25) is 5.91 Å². The topological polar surface area (TPSA) is 29.5 Å². The fourth-order valence-electron chi connectivity index (χ4n) is 5.96. The van der Waals surface area contributed by atoms with Crippen LogP contribution < -0.4 is 4.74 Å². The lowest BCUT2D eigenvalue weighted by atomic mass is 9.68. The summed E-state index contributed by atoms with van der Waals surface area (Å²) in [6, 6.07) is 8.69. The Kier molecular flexibility index (Phi) is 10.1. The minimum absolute atomic E-state index is 0.0698. The highest BCUT2D eigenvalue weighted by Crippen LogP contribution is 2.44. The molecule has 32 heavy (non-hydrogen) atoms. The maximum Gasteiger partial charge on any atom is 0.245 e. The molecule has 0 radical (unpaired) electrons. The zero-order valence-electron chi connectivity index (χ0n) is 20.6. The van der Waals surface area contributed by atoms with E-state index in [4.69, 9.17) is 4.74 Å². The Morgan fingerprint density at radius 3 is 2.22 bits per heavy atom. The quantitative estimate of drug-likeness (QED) is 0.266. The highest BCUT2D eigenvalue weighted by molar-refractivity contribution is 5.86. The number of ether oxygens (including phenoxy) is 1. The summed E-state index contributed by atoms with van der Waals surface area (Å²) in [5.74, 6) is 4.53. The lowest BCUT2D eigenvalue weighted by Gasteiger charge is -2.38. The highest BCUT2D eigenvalue weighted by atomic mass is 16.5. The number of amides is 1. The minimum atomic E-state index is -0.0698. The van der Waals surface area contributed by atoms with Crippen molar-refractivity contribution in [3.8, 4) is 5.75 Å². The molecule has 1 amide bonds. The fraction of sp³-hybridized carbons (Fsp3) is 0.690. The first kappa shape index (κ1) is 24.9. The van der Waals surface area contributed by atoms with E-state index in [0.717, 1.165) is 23.5 Å². The van der Waals surface area contributed by atoms with Gasteiger partial charge in [-0.15, -0.1) is 0 Å². The molecule has 0 heterocycles. The van der Waals surface area contributed by atoms with E-state index in [9.17, 15) is 4.79 Å². The van der Waals surface area contributed by atoms with Gasteiger partial charge in [-0.3, -0.25) is 4.79 Å². The van der Waals surface area contributed by atoms with Crippen molar-refractivity contribution < 1.29 is 9.53 Å². The van der Waals surface area contributed by atoms with Gasteiger partial charge in [0.1, 0.15) is 12.4 Å². The minimum Gasteiger partial charge on any atom is -0.492 e. The number of unbranched alkanes of at least 4 members (excludes halogenated alkanes) is 2. The van der Waals surface area contributed by atoms with Crippen LogP contribution in [0.3, 0.4) is 0 Å². The monoisotopic (exact) mass is 439 g/mol. The van der Waals surface area contributed by atoms with Crippen LogP contribution in [0.4, 0.5) is 0 Å². The zero-order valence-corrected chi connectivity index (χ0v) is 20.6. The van der Waals surface area contributed by atoms with Gasteiger partial charge in [-0.25, -0.2) is 0 Å². The standard InChI is InChI=1S/C29H45NO2/c1-4-6-7-8-23-9-11-24(12-10-23)25-13-15-26(16-14-25)27-17-19-28(20-18-27)32-22-21-30(3)29(31)5-2/h5,17-20,23-26H,2,4,6-16,21-22H2,1,3H3. The molecule has 0 aromatic heterocycles. The normalized spacial score (nSPS) is 25.8. The molecule has 3 heteroatoms. The third-order valence-electron chi connectivity index (χ3n) is 8.14. The van der Waals surface area contributed by atoms with E-state index in [2.05, 4.69) is 37.8 Å². The van der Waals surface area contributed by atoms with Crippen molar-refractivity contribution >= 4 is 5.91 Å². The molecule has 0 spiro atoms. The first-order chi connectivity index (χ1) is 15.6. The molecule has 2 saturated carbocycles. The van der Waals surface area contributed by atoms with Crippen LogP contribution in [0.2, 0.25) is 0 Å². The second-order valence-corrected chi connectivity index (χ2v) is 10.3. The molecule has 1 aromatic carbocycles. The summed E-state index contributed by atoms with van der Waals surface area (Å²) in [7, 11) is 1.77. The Hall–Kier alpha value is -1.77. The number of nitrogens with zero attached hydrogens (tertiary/aromatic N) is 1. The second-order valence-electron chi connectivity index (χ2n) is 10.3. The molecule has 2 aliphatic carbocycles. The van der Waals surface area contributed by atoms with Gasteiger partial charge < -0.3 is 9.64 Å². The van der Waals surface area contributed by atoms with Gasteiger partial charge in [0.25, 0.3) is 0 Å². The van der Waals surface area contributed by atoms with Gasteiger partial charge in [0.15, 0.2) is 0 Å². The third kappa shape index (κ3) is 7.39. The van der Waals surface area contributed by atoms with Crippen LogP contribution in [0, 0.1) is 17.8 Å². The van der Waals surface area contributed by atoms with Crippen molar-refractivity contribution in [3.63, 3.8) is 0 Å². The van der Waals surface area contributed by atoms with Gasteiger partial charge in [-0.2, -0.15) is 0 Å². The Balaban J connectivity index is 1.36.